The third-order valence-electron chi connectivity index (χ3n) is 2.33. The number of rotatable bonds is 4. The molecule has 0 aliphatic rings. The molecule has 1 aromatic heterocycles. The van der Waals surface area contributed by atoms with Crippen molar-refractivity contribution in [3.63, 3.8) is 0 Å². The Bertz CT molecular complexity index is 593. The summed E-state index contributed by atoms with van der Waals surface area (Å²) in [7, 11) is 0. The van der Waals surface area contributed by atoms with Crippen LogP contribution in [0.5, 0.6) is 0 Å². The van der Waals surface area contributed by atoms with Crippen LogP contribution in [0.4, 0.5) is 0 Å². The zero-order valence-electron chi connectivity index (χ0n) is 8.25. The van der Waals surface area contributed by atoms with Gasteiger partial charge in [-0.3, -0.25) is 0 Å². The number of benzene rings is 1. The second kappa shape index (κ2) is 4.48. The van der Waals surface area contributed by atoms with Gasteiger partial charge in [-0.2, -0.15) is 0 Å². The molecule has 1 aromatic carbocycles. The van der Waals surface area contributed by atoms with E-state index in [2.05, 4.69) is 9.19 Å². The topological polar surface area (TPSA) is 94.1 Å². The zero-order chi connectivity index (χ0) is 12.4. The number of fused-ring (bicyclic) bond motifs is 1. The standard InChI is InChI=1S/C10H4N2O4Se/c13-1-5-6(2-14)8(4-16)10-9(7(5)3-15)11-12-17-10/h1-4H. The van der Waals surface area contributed by atoms with Gasteiger partial charge >= 0.3 is 100 Å². The van der Waals surface area contributed by atoms with E-state index in [1.54, 1.807) is 0 Å². The Morgan fingerprint density at radius 1 is 0.765 bits per heavy atom. The molecule has 0 unspecified atom stereocenters. The summed E-state index contributed by atoms with van der Waals surface area (Å²) in [5.74, 6) is 0. The summed E-state index contributed by atoms with van der Waals surface area (Å²) in [5.41, 5.74) is 0.186. The van der Waals surface area contributed by atoms with Crippen LogP contribution >= 0.6 is 0 Å². The normalized spacial score (nSPS) is 10.1. The summed E-state index contributed by atoms with van der Waals surface area (Å²) in [6.07, 6.45) is 1.71. The first kappa shape index (κ1) is 11.5. The van der Waals surface area contributed by atoms with Crippen LogP contribution in [0, 0.1) is 0 Å². The molecule has 2 rings (SSSR count). The molecule has 1 heterocycles. The van der Waals surface area contributed by atoms with E-state index in [-0.39, 0.29) is 27.8 Å². The van der Waals surface area contributed by atoms with Crippen LogP contribution in [0.15, 0.2) is 0 Å². The monoisotopic (exact) mass is 296 g/mol. The van der Waals surface area contributed by atoms with Crippen LogP contribution in [0.2, 0.25) is 0 Å². The Morgan fingerprint density at radius 2 is 1.29 bits per heavy atom. The van der Waals surface area contributed by atoms with Gasteiger partial charge in [-0.05, 0) is 0 Å². The minimum atomic E-state index is -0.442. The Kier molecular flexibility index (Phi) is 3.03. The molecule has 6 nitrogen and oxygen atoms in total. The molecule has 0 N–H and O–H groups in total. The molecule has 0 fully saturated rings. The first-order valence-electron chi connectivity index (χ1n) is 4.41. The van der Waals surface area contributed by atoms with E-state index in [9.17, 15) is 19.2 Å². The van der Waals surface area contributed by atoms with Gasteiger partial charge in [-0.15, -0.1) is 0 Å². The first-order valence-corrected chi connectivity index (χ1v) is 6.03. The Morgan fingerprint density at radius 3 is 1.82 bits per heavy atom. The van der Waals surface area contributed by atoms with Gasteiger partial charge in [0.05, 0.1) is 0 Å². The summed E-state index contributed by atoms with van der Waals surface area (Å²) in [5, 5.41) is 3.75. The van der Waals surface area contributed by atoms with Gasteiger partial charge in [-0.25, -0.2) is 0 Å². The van der Waals surface area contributed by atoms with Crippen LogP contribution in [-0.4, -0.2) is 49.1 Å². The molecule has 17 heavy (non-hydrogen) atoms. The van der Waals surface area contributed by atoms with Crippen molar-refractivity contribution in [3.05, 3.63) is 22.3 Å². The van der Waals surface area contributed by atoms with Crippen LogP contribution in [0.1, 0.15) is 41.4 Å². The van der Waals surface area contributed by atoms with E-state index in [0.29, 0.717) is 29.4 Å². The third-order valence-corrected chi connectivity index (χ3v) is 3.92. The fourth-order valence-corrected chi connectivity index (χ4v) is 3.04. The van der Waals surface area contributed by atoms with E-state index in [0.717, 1.165) is 0 Å². The van der Waals surface area contributed by atoms with Gasteiger partial charge in [-0.1, -0.05) is 0 Å². The summed E-state index contributed by atoms with van der Waals surface area (Å²) in [4.78, 5) is 43.8. The third kappa shape index (κ3) is 1.56. The molecule has 7 heteroatoms. The van der Waals surface area contributed by atoms with E-state index in [1.165, 1.54) is 0 Å². The fraction of sp³-hybridized carbons (Fsp3) is 0. The van der Waals surface area contributed by atoms with Crippen LogP contribution in [-0.2, 0) is 0 Å². The molecule has 0 aliphatic heterocycles. The average Bonchev–Trinajstić information content (AvgIpc) is 2.84. The van der Waals surface area contributed by atoms with E-state index < -0.39 is 14.7 Å². The number of carbonyl (C=O) groups is 4. The molecule has 0 amide bonds. The predicted octanol–water partition coefficient (Wildman–Crippen LogP) is -0.0632. The number of carbonyl (C=O) groups excluding carboxylic acids is 4. The number of aldehydes is 4. The van der Waals surface area contributed by atoms with Gasteiger partial charge in [0, 0.05) is 0 Å². The Labute approximate surface area is 101 Å². The second-order valence-electron chi connectivity index (χ2n) is 3.08. The molecular formula is C10H4N2O4Se. The molecule has 0 spiro atoms. The van der Waals surface area contributed by atoms with Crippen molar-refractivity contribution in [1.82, 2.24) is 9.19 Å². The van der Waals surface area contributed by atoms with Gasteiger partial charge in [0.25, 0.3) is 0 Å². The van der Waals surface area contributed by atoms with Crippen molar-refractivity contribution in [2.45, 2.75) is 0 Å². The van der Waals surface area contributed by atoms with Crippen molar-refractivity contribution < 1.29 is 19.2 Å². The van der Waals surface area contributed by atoms with Gasteiger partial charge in [0.15, 0.2) is 0 Å². The van der Waals surface area contributed by atoms with Crippen molar-refractivity contribution in [1.29, 1.82) is 0 Å². The summed E-state index contributed by atoms with van der Waals surface area (Å²) >= 11 is -0.442. The first-order chi connectivity index (χ1) is 8.28. The summed E-state index contributed by atoms with van der Waals surface area (Å²) in [6.45, 7) is 0. The van der Waals surface area contributed by atoms with Crippen LogP contribution in [0.3, 0.4) is 0 Å². The van der Waals surface area contributed by atoms with Crippen molar-refractivity contribution in [3.8, 4) is 0 Å². The van der Waals surface area contributed by atoms with Crippen LogP contribution < -0.4 is 0 Å². The Balaban J connectivity index is 3.10. The molecule has 0 atom stereocenters. The number of hydrogen-bond donors (Lipinski definition) is 0. The molecule has 2 aromatic rings. The van der Waals surface area contributed by atoms with E-state index in [1.807, 2.05) is 0 Å². The van der Waals surface area contributed by atoms with Gasteiger partial charge in [0.2, 0.25) is 0 Å². The molecule has 84 valence electrons. The quantitative estimate of drug-likeness (QED) is 0.579. The fourth-order valence-electron chi connectivity index (χ4n) is 1.57. The number of nitrogens with zero attached hydrogens (tertiary/aromatic N) is 2. The second-order valence-corrected chi connectivity index (χ2v) is 4.66. The average molecular weight is 295 g/mol. The minimum absolute atomic E-state index is 0.0193. The van der Waals surface area contributed by atoms with Crippen molar-refractivity contribution in [2.24, 2.45) is 0 Å². The maximum atomic E-state index is 11.0. The number of hydrogen-bond acceptors (Lipinski definition) is 6. The SMILES string of the molecule is O=Cc1c(C=O)c(C=O)c2[se]nnc2c1C=O. The van der Waals surface area contributed by atoms with E-state index >= 15 is 0 Å². The summed E-state index contributed by atoms with van der Waals surface area (Å²) in [6, 6.07) is 0. The van der Waals surface area contributed by atoms with E-state index in [4.69, 9.17) is 0 Å². The van der Waals surface area contributed by atoms with Crippen molar-refractivity contribution in [2.75, 3.05) is 0 Å². The van der Waals surface area contributed by atoms with Gasteiger partial charge in [0.1, 0.15) is 0 Å². The predicted molar refractivity (Wildman–Crippen MR) is 58.0 cm³/mol. The molecule has 0 radical (unpaired) electrons. The molecule has 0 bridgehead atoms. The Hall–Kier alpha value is -1.98. The van der Waals surface area contributed by atoms with Crippen molar-refractivity contribution >= 4 is 49.7 Å². The molecule has 0 aliphatic carbocycles. The van der Waals surface area contributed by atoms with Gasteiger partial charge < -0.3 is 0 Å². The molecular weight excluding hydrogens is 291 g/mol. The molecule has 0 saturated heterocycles. The summed E-state index contributed by atoms with van der Waals surface area (Å²) < 4.78 is 4.23. The number of aromatic nitrogens is 2. The maximum absolute atomic E-state index is 11.0. The van der Waals surface area contributed by atoms with Crippen LogP contribution in [0.25, 0.3) is 9.78 Å². The molecule has 0 saturated carbocycles. The zero-order valence-corrected chi connectivity index (χ0v) is 9.96.